The van der Waals surface area contributed by atoms with Crippen LogP contribution in [0.3, 0.4) is 0 Å². The highest BCUT2D eigenvalue weighted by molar-refractivity contribution is 7.98. The van der Waals surface area contributed by atoms with Gasteiger partial charge in [0.2, 0.25) is 0 Å². The Morgan fingerprint density at radius 1 is 1.39 bits per heavy atom. The topological polar surface area (TPSA) is 54.0 Å². The van der Waals surface area contributed by atoms with Crippen molar-refractivity contribution in [2.24, 2.45) is 0 Å². The maximum atomic E-state index is 11.8. The van der Waals surface area contributed by atoms with E-state index in [9.17, 15) is 4.79 Å². The molecule has 0 bridgehead atoms. The summed E-state index contributed by atoms with van der Waals surface area (Å²) in [7, 11) is 0. The van der Waals surface area contributed by atoms with Gasteiger partial charge in [-0.3, -0.25) is 4.79 Å². The molecule has 5 heteroatoms. The van der Waals surface area contributed by atoms with Crippen LogP contribution >= 0.6 is 11.8 Å². The lowest BCUT2D eigenvalue weighted by molar-refractivity contribution is 0.0949. The number of pyridine rings is 1. The first kappa shape index (κ1) is 14.8. The molecule has 1 aromatic heterocycles. The van der Waals surface area contributed by atoms with E-state index in [2.05, 4.69) is 28.8 Å². The number of thioether (sulfide) groups is 1. The molecule has 0 radical (unpaired) electrons. The maximum Gasteiger partial charge on any atom is 0.269 e. The summed E-state index contributed by atoms with van der Waals surface area (Å²) < 4.78 is 0. The summed E-state index contributed by atoms with van der Waals surface area (Å²) in [6, 6.07) is 5.46. The summed E-state index contributed by atoms with van der Waals surface area (Å²) in [5.41, 5.74) is 0.472. The lowest BCUT2D eigenvalue weighted by Gasteiger charge is -2.07. The smallest absolute Gasteiger partial charge is 0.269 e. The minimum absolute atomic E-state index is 0.101. The Labute approximate surface area is 113 Å². The summed E-state index contributed by atoms with van der Waals surface area (Å²) in [6.07, 6.45) is 4.08. The van der Waals surface area contributed by atoms with Gasteiger partial charge in [0.05, 0.1) is 0 Å². The zero-order chi connectivity index (χ0) is 13.2. The number of amides is 1. The molecule has 1 heterocycles. The highest BCUT2D eigenvalue weighted by Gasteiger charge is 2.06. The third-order valence-electron chi connectivity index (χ3n) is 2.35. The van der Waals surface area contributed by atoms with Gasteiger partial charge in [-0.1, -0.05) is 13.0 Å². The Morgan fingerprint density at radius 3 is 2.94 bits per heavy atom. The second kappa shape index (κ2) is 8.80. The molecule has 0 saturated heterocycles. The molecule has 18 heavy (non-hydrogen) atoms. The molecule has 0 aliphatic carbocycles. The van der Waals surface area contributed by atoms with Crippen LogP contribution in [0.2, 0.25) is 0 Å². The highest BCUT2D eigenvalue weighted by Crippen LogP contribution is 2.05. The van der Waals surface area contributed by atoms with E-state index in [4.69, 9.17) is 0 Å². The molecule has 2 N–H and O–H groups in total. The molecule has 4 nitrogen and oxygen atoms in total. The van der Waals surface area contributed by atoms with Gasteiger partial charge in [0.1, 0.15) is 11.5 Å². The largest absolute Gasteiger partial charge is 0.370 e. The first-order valence-corrected chi connectivity index (χ1v) is 7.65. The third kappa shape index (κ3) is 5.40. The van der Waals surface area contributed by atoms with Gasteiger partial charge in [0, 0.05) is 13.1 Å². The second-order valence-corrected chi connectivity index (χ2v) is 4.92. The van der Waals surface area contributed by atoms with Crippen LogP contribution in [0.25, 0.3) is 0 Å². The highest BCUT2D eigenvalue weighted by atomic mass is 32.2. The number of anilines is 1. The van der Waals surface area contributed by atoms with Gasteiger partial charge in [-0.05, 0) is 37.0 Å². The fourth-order valence-corrected chi connectivity index (χ4v) is 1.85. The SMILES string of the molecule is CCCNc1cccc(C(=O)NCCCSC)n1. The number of aromatic nitrogens is 1. The molecule has 1 aromatic rings. The molecule has 0 aliphatic rings. The number of carbonyl (C=O) groups is 1. The third-order valence-corrected chi connectivity index (χ3v) is 3.05. The average molecular weight is 267 g/mol. The first-order chi connectivity index (χ1) is 8.77. The summed E-state index contributed by atoms with van der Waals surface area (Å²) in [4.78, 5) is 16.1. The molecule has 1 rings (SSSR count). The minimum Gasteiger partial charge on any atom is -0.370 e. The molecule has 0 aromatic carbocycles. The van der Waals surface area contributed by atoms with E-state index in [1.807, 2.05) is 12.1 Å². The van der Waals surface area contributed by atoms with Crippen molar-refractivity contribution < 1.29 is 4.79 Å². The molecule has 1 amide bonds. The second-order valence-electron chi connectivity index (χ2n) is 3.94. The van der Waals surface area contributed by atoms with Crippen LogP contribution in [0.4, 0.5) is 5.82 Å². The van der Waals surface area contributed by atoms with Gasteiger partial charge in [-0.25, -0.2) is 4.98 Å². The fraction of sp³-hybridized carbons (Fsp3) is 0.538. The zero-order valence-electron chi connectivity index (χ0n) is 11.0. The lowest BCUT2D eigenvalue weighted by Crippen LogP contribution is -2.25. The first-order valence-electron chi connectivity index (χ1n) is 6.26. The van der Waals surface area contributed by atoms with Crippen molar-refractivity contribution in [2.75, 3.05) is 30.4 Å². The molecule has 0 unspecified atom stereocenters. The number of rotatable bonds is 8. The van der Waals surface area contributed by atoms with Crippen molar-refractivity contribution in [3.8, 4) is 0 Å². The number of hydrogen-bond donors (Lipinski definition) is 2. The summed E-state index contributed by atoms with van der Waals surface area (Å²) >= 11 is 1.78. The molecule has 0 atom stereocenters. The van der Waals surface area contributed by atoms with Crippen LogP contribution < -0.4 is 10.6 Å². The Morgan fingerprint density at radius 2 is 2.22 bits per heavy atom. The zero-order valence-corrected chi connectivity index (χ0v) is 11.8. The van der Waals surface area contributed by atoms with Crippen LogP contribution in [-0.2, 0) is 0 Å². The molecule has 0 fully saturated rings. The lowest BCUT2D eigenvalue weighted by atomic mass is 10.3. The predicted octanol–water partition coefficient (Wildman–Crippen LogP) is 2.39. The van der Waals surface area contributed by atoms with E-state index in [-0.39, 0.29) is 5.91 Å². The standard InChI is InChI=1S/C13H21N3OS/c1-3-8-14-12-7-4-6-11(16-12)13(17)15-9-5-10-18-2/h4,6-7H,3,5,8-10H2,1-2H3,(H,14,16)(H,15,17). The van der Waals surface area contributed by atoms with Gasteiger partial charge in [-0.15, -0.1) is 0 Å². The number of carbonyl (C=O) groups excluding carboxylic acids is 1. The van der Waals surface area contributed by atoms with Crippen molar-refractivity contribution in [3.63, 3.8) is 0 Å². The fourth-order valence-electron chi connectivity index (χ4n) is 1.42. The Kier molecular flexibility index (Phi) is 7.25. The van der Waals surface area contributed by atoms with Crippen molar-refractivity contribution in [2.45, 2.75) is 19.8 Å². The van der Waals surface area contributed by atoms with E-state index >= 15 is 0 Å². The van der Waals surface area contributed by atoms with Crippen molar-refractivity contribution in [3.05, 3.63) is 23.9 Å². The van der Waals surface area contributed by atoms with Crippen LogP contribution in [0.5, 0.6) is 0 Å². The molecule has 0 aliphatic heterocycles. The van der Waals surface area contributed by atoms with Crippen LogP contribution in [0, 0.1) is 0 Å². The summed E-state index contributed by atoms with van der Waals surface area (Å²) in [6.45, 7) is 3.66. The van der Waals surface area contributed by atoms with E-state index < -0.39 is 0 Å². The minimum atomic E-state index is -0.101. The summed E-state index contributed by atoms with van der Waals surface area (Å²) in [5, 5.41) is 6.05. The molecule has 100 valence electrons. The van der Waals surface area contributed by atoms with Crippen LogP contribution in [0.1, 0.15) is 30.3 Å². The van der Waals surface area contributed by atoms with Crippen molar-refractivity contribution in [1.82, 2.24) is 10.3 Å². The van der Waals surface area contributed by atoms with Gasteiger partial charge in [-0.2, -0.15) is 11.8 Å². The average Bonchev–Trinajstić information content (AvgIpc) is 2.41. The van der Waals surface area contributed by atoms with Crippen LogP contribution in [0.15, 0.2) is 18.2 Å². The van der Waals surface area contributed by atoms with Gasteiger partial charge in [0.15, 0.2) is 0 Å². The van der Waals surface area contributed by atoms with Gasteiger partial charge >= 0.3 is 0 Å². The Balaban J connectivity index is 2.46. The molecular formula is C13H21N3OS. The van der Waals surface area contributed by atoms with E-state index in [0.717, 1.165) is 31.0 Å². The molecule has 0 spiro atoms. The number of nitrogens with one attached hydrogen (secondary N) is 2. The quantitative estimate of drug-likeness (QED) is 0.710. The van der Waals surface area contributed by atoms with Crippen molar-refractivity contribution >= 4 is 23.5 Å². The Hall–Kier alpha value is -1.23. The maximum absolute atomic E-state index is 11.8. The van der Waals surface area contributed by atoms with Crippen LogP contribution in [-0.4, -0.2) is 36.0 Å². The Bertz CT molecular complexity index is 371. The van der Waals surface area contributed by atoms with Gasteiger partial charge in [0.25, 0.3) is 5.91 Å². The van der Waals surface area contributed by atoms with Gasteiger partial charge < -0.3 is 10.6 Å². The molecular weight excluding hydrogens is 246 g/mol. The number of nitrogens with zero attached hydrogens (tertiary/aromatic N) is 1. The monoisotopic (exact) mass is 267 g/mol. The van der Waals surface area contributed by atoms with E-state index in [1.54, 1.807) is 17.8 Å². The summed E-state index contributed by atoms with van der Waals surface area (Å²) in [5.74, 6) is 1.72. The number of hydrogen-bond acceptors (Lipinski definition) is 4. The van der Waals surface area contributed by atoms with E-state index in [1.165, 1.54) is 0 Å². The van der Waals surface area contributed by atoms with Crippen molar-refractivity contribution in [1.29, 1.82) is 0 Å². The normalized spacial score (nSPS) is 10.1. The van der Waals surface area contributed by atoms with E-state index in [0.29, 0.717) is 12.2 Å². The predicted molar refractivity (Wildman–Crippen MR) is 78.3 cm³/mol. The molecule has 0 saturated carbocycles.